The van der Waals surface area contributed by atoms with E-state index in [2.05, 4.69) is 4.90 Å². The first kappa shape index (κ1) is 14.3. The largest absolute Gasteiger partial charge is 0.348 e. The van der Waals surface area contributed by atoms with Gasteiger partial charge in [-0.15, -0.1) is 0 Å². The number of hydrogen-bond acceptors (Lipinski definition) is 3. The summed E-state index contributed by atoms with van der Waals surface area (Å²) in [5, 5.41) is 0. The molecule has 0 aliphatic carbocycles. The summed E-state index contributed by atoms with van der Waals surface area (Å²) in [4.78, 5) is 29.7. The second kappa shape index (κ2) is 6.37. The summed E-state index contributed by atoms with van der Waals surface area (Å²) >= 11 is 0. The van der Waals surface area contributed by atoms with Crippen molar-refractivity contribution in [2.45, 2.75) is 25.7 Å². The molecule has 0 aromatic carbocycles. The Morgan fingerprint density at radius 2 is 1.63 bits per heavy atom. The summed E-state index contributed by atoms with van der Waals surface area (Å²) in [6, 6.07) is 0. The maximum absolute atomic E-state index is 12.3. The molecule has 2 amide bonds. The van der Waals surface area contributed by atoms with E-state index in [0.29, 0.717) is 12.5 Å². The maximum atomic E-state index is 12.3. The molecule has 0 aromatic rings. The van der Waals surface area contributed by atoms with E-state index in [0.717, 1.165) is 51.9 Å². The quantitative estimate of drug-likeness (QED) is 0.744. The Balaban J connectivity index is 1.75. The molecule has 5 nitrogen and oxygen atoms in total. The Bertz CT molecular complexity index is 330. The van der Waals surface area contributed by atoms with Crippen molar-refractivity contribution >= 4 is 11.8 Å². The smallest absolute Gasteiger partial charge is 0.236 e. The number of hydrogen-bond donors (Lipinski definition) is 0. The Labute approximate surface area is 115 Å². The number of piperidine rings is 1. The molecule has 19 heavy (non-hydrogen) atoms. The Morgan fingerprint density at radius 3 is 2.16 bits per heavy atom. The molecule has 2 fully saturated rings. The first-order valence-corrected chi connectivity index (χ1v) is 7.29. The minimum atomic E-state index is 0.143. The van der Waals surface area contributed by atoms with E-state index in [1.165, 1.54) is 0 Å². The zero-order valence-electron chi connectivity index (χ0n) is 12.1. The van der Waals surface area contributed by atoms with Crippen molar-refractivity contribution in [3.05, 3.63) is 0 Å². The van der Waals surface area contributed by atoms with Gasteiger partial charge in [0.15, 0.2) is 0 Å². The average molecular weight is 267 g/mol. The van der Waals surface area contributed by atoms with Gasteiger partial charge in [0.2, 0.25) is 11.8 Å². The van der Waals surface area contributed by atoms with Gasteiger partial charge in [-0.2, -0.15) is 0 Å². The lowest BCUT2D eigenvalue weighted by Crippen LogP contribution is -2.44. The lowest BCUT2D eigenvalue weighted by atomic mass is 9.95. The fourth-order valence-corrected chi connectivity index (χ4v) is 2.87. The standard InChI is InChI=1S/C14H25N3O2/c1-15(2)13(18)11-16-9-5-12(6-10-16)14(19)17-7-3-4-8-17/h12H,3-11H2,1-2H3. The van der Waals surface area contributed by atoms with E-state index in [4.69, 9.17) is 0 Å². The number of carbonyl (C=O) groups is 2. The molecule has 108 valence electrons. The molecule has 0 spiro atoms. The molecule has 0 unspecified atom stereocenters. The summed E-state index contributed by atoms with van der Waals surface area (Å²) in [6.45, 7) is 4.10. The number of amides is 2. The number of likely N-dealkylation sites (N-methyl/N-ethyl adjacent to an activating group) is 1. The molecule has 2 aliphatic rings. The molecular weight excluding hydrogens is 242 g/mol. The summed E-state index contributed by atoms with van der Waals surface area (Å²) in [7, 11) is 3.57. The molecule has 0 aromatic heterocycles. The van der Waals surface area contributed by atoms with Crippen LogP contribution in [0.3, 0.4) is 0 Å². The minimum Gasteiger partial charge on any atom is -0.348 e. The zero-order chi connectivity index (χ0) is 13.8. The van der Waals surface area contributed by atoms with Gasteiger partial charge in [-0.25, -0.2) is 0 Å². The van der Waals surface area contributed by atoms with Crippen molar-refractivity contribution in [2.24, 2.45) is 5.92 Å². The van der Waals surface area contributed by atoms with Gasteiger partial charge in [-0.05, 0) is 38.8 Å². The van der Waals surface area contributed by atoms with E-state index in [-0.39, 0.29) is 11.8 Å². The van der Waals surface area contributed by atoms with Gasteiger partial charge in [0.05, 0.1) is 6.54 Å². The molecule has 0 atom stereocenters. The van der Waals surface area contributed by atoms with Gasteiger partial charge in [0.1, 0.15) is 0 Å². The lowest BCUT2D eigenvalue weighted by Gasteiger charge is -2.33. The first-order valence-electron chi connectivity index (χ1n) is 7.29. The van der Waals surface area contributed by atoms with Crippen LogP contribution in [0.25, 0.3) is 0 Å². The van der Waals surface area contributed by atoms with Crippen LogP contribution in [0.5, 0.6) is 0 Å². The number of rotatable bonds is 3. The SMILES string of the molecule is CN(C)C(=O)CN1CCC(C(=O)N2CCCC2)CC1. The highest BCUT2D eigenvalue weighted by molar-refractivity contribution is 5.79. The Morgan fingerprint density at radius 1 is 1.05 bits per heavy atom. The molecule has 0 N–H and O–H groups in total. The number of carbonyl (C=O) groups excluding carboxylic acids is 2. The maximum Gasteiger partial charge on any atom is 0.236 e. The van der Waals surface area contributed by atoms with E-state index in [1.807, 2.05) is 4.90 Å². The first-order chi connectivity index (χ1) is 9.08. The molecule has 2 aliphatic heterocycles. The molecule has 2 rings (SSSR count). The van der Waals surface area contributed by atoms with Gasteiger partial charge in [-0.1, -0.05) is 0 Å². The van der Waals surface area contributed by atoms with Crippen molar-refractivity contribution in [3.8, 4) is 0 Å². The van der Waals surface area contributed by atoms with Crippen LogP contribution in [0.1, 0.15) is 25.7 Å². The Hall–Kier alpha value is -1.10. The fourth-order valence-electron chi connectivity index (χ4n) is 2.87. The third kappa shape index (κ3) is 3.69. The second-order valence-corrected chi connectivity index (χ2v) is 5.87. The highest BCUT2D eigenvalue weighted by Crippen LogP contribution is 2.21. The van der Waals surface area contributed by atoms with Gasteiger partial charge in [0.25, 0.3) is 0 Å². The van der Waals surface area contributed by atoms with Crippen LogP contribution in [-0.4, -0.2) is 73.3 Å². The molecule has 0 saturated carbocycles. The number of nitrogens with zero attached hydrogens (tertiary/aromatic N) is 3. The van der Waals surface area contributed by atoms with Gasteiger partial charge >= 0.3 is 0 Å². The normalized spacial score (nSPS) is 21.7. The van der Waals surface area contributed by atoms with Gasteiger partial charge < -0.3 is 9.80 Å². The van der Waals surface area contributed by atoms with Crippen molar-refractivity contribution < 1.29 is 9.59 Å². The predicted octanol–water partition coefficient (Wildman–Crippen LogP) is 0.409. The van der Waals surface area contributed by atoms with Crippen molar-refractivity contribution in [1.82, 2.24) is 14.7 Å². The van der Waals surface area contributed by atoms with E-state index < -0.39 is 0 Å². The van der Waals surface area contributed by atoms with E-state index in [1.54, 1.807) is 19.0 Å². The number of likely N-dealkylation sites (tertiary alicyclic amines) is 2. The van der Waals surface area contributed by atoms with Gasteiger partial charge in [0, 0.05) is 33.1 Å². The zero-order valence-corrected chi connectivity index (χ0v) is 12.1. The lowest BCUT2D eigenvalue weighted by molar-refractivity contribution is -0.136. The topological polar surface area (TPSA) is 43.9 Å². The molecule has 0 radical (unpaired) electrons. The molecule has 2 heterocycles. The third-order valence-electron chi connectivity index (χ3n) is 4.21. The van der Waals surface area contributed by atoms with E-state index >= 15 is 0 Å². The van der Waals surface area contributed by atoms with Crippen LogP contribution in [0.4, 0.5) is 0 Å². The highest BCUT2D eigenvalue weighted by atomic mass is 16.2. The Kier molecular flexibility index (Phi) is 4.80. The van der Waals surface area contributed by atoms with Crippen molar-refractivity contribution in [3.63, 3.8) is 0 Å². The van der Waals surface area contributed by atoms with Crippen molar-refractivity contribution in [1.29, 1.82) is 0 Å². The van der Waals surface area contributed by atoms with Crippen LogP contribution in [0.15, 0.2) is 0 Å². The van der Waals surface area contributed by atoms with Crippen molar-refractivity contribution in [2.75, 3.05) is 46.8 Å². The van der Waals surface area contributed by atoms with Crippen LogP contribution >= 0.6 is 0 Å². The van der Waals surface area contributed by atoms with Crippen LogP contribution in [0.2, 0.25) is 0 Å². The molecule has 2 saturated heterocycles. The monoisotopic (exact) mass is 267 g/mol. The fraction of sp³-hybridized carbons (Fsp3) is 0.857. The van der Waals surface area contributed by atoms with Crippen LogP contribution < -0.4 is 0 Å². The van der Waals surface area contributed by atoms with Gasteiger partial charge in [-0.3, -0.25) is 14.5 Å². The average Bonchev–Trinajstić information content (AvgIpc) is 2.92. The van der Waals surface area contributed by atoms with Crippen LogP contribution in [0, 0.1) is 5.92 Å². The molecular formula is C14H25N3O2. The summed E-state index contributed by atoms with van der Waals surface area (Å²) in [5.41, 5.74) is 0. The minimum absolute atomic E-state index is 0.143. The van der Waals surface area contributed by atoms with E-state index in [9.17, 15) is 9.59 Å². The predicted molar refractivity (Wildman–Crippen MR) is 73.7 cm³/mol. The summed E-state index contributed by atoms with van der Waals surface area (Å²) in [5.74, 6) is 0.671. The molecule has 0 bridgehead atoms. The third-order valence-corrected chi connectivity index (χ3v) is 4.21. The summed E-state index contributed by atoms with van der Waals surface area (Å²) in [6.07, 6.45) is 4.11. The second-order valence-electron chi connectivity index (χ2n) is 5.87. The highest BCUT2D eigenvalue weighted by Gasteiger charge is 2.30. The molecule has 5 heteroatoms. The van der Waals surface area contributed by atoms with Crippen LogP contribution in [-0.2, 0) is 9.59 Å². The summed E-state index contributed by atoms with van der Waals surface area (Å²) < 4.78 is 0.